The number of aromatic hydroxyl groups is 2. The van der Waals surface area contributed by atoms with E-state index in [2.05, 4.69) is 6.07 Å². The molecule has 4 nitrogen and oxygen atoms in total. The first-order valence-corrected chi connectivity index (χ1v) is 8.54. The average Bonchev–Trinajstić information content (AvgIpc) is 2.66. The van der Waals surface area contributed by atoms with E-state index in [1.165, 1.54) is 10.1 Å². The molecule has 0 atom stereocenters. The summed E-state index contributed by atoms with van der Waals surface area (Å²) >= 11 is 0. The zero-order valence-electron chi connectivity index (χ0n) is 14.5. The van der Waals surface area contributed by atoms with E-state index >= 15 is 0 Å². The summed E-state index contributed by atoms with van der Waals surface area (Å²) in [5.74, 6) is 0.0183. The lowest BCUT2D eigenvalue weighted by molar-refractivity contribution is -0.776. The number of aryl methyl sites for hydroxylation is 1. The molecule has 0 bridgehead atoms. The van der Waals surface area contributed by atoms with E-state index in [1.807, 2.05) is 84.3 Å². The van der Waals surface area contributed by atoms with Gasteiger partial charge in [0.2, 0.25) is 11.2 Å². The van der Waals surface area contributed by atoms with Gasteiger partial charge in [0.05, 0.1) is 0 Å². The van der Waals surface area contributed by atoms with E-state index in [0.29, 0.717) is 17.6 Å². The van der Waals surface area contributed by atoms with Crippen LogP contribution >= 0.6 is 0 Å². The zero-order chi connectivity index (χ0) is 18.1. The van der Waals surface area contributed by atoms with Gasteiger partial charge in [0, 0.05) is 23.8 Å². The van der Waals surface area contributed by atoms with E-state index in [1.54, 1.807) is 0 Å². The molecule has 4 heteroatoms. The number of aromatic nitrogens is 2. The van der Waals surface area contributed by atoms with Crippen LogP contribution in [0.25, 0.3) is 16.6 Å². The van der Waals surface area contributed by atoms with Crippen molar-refractivity contribution in [3.05, 3.63) is 90.0 Å². The number of nitrogens with zero attached hydrogens (tertiary/aromatic N) is 2. The first-order chi connectivity index (χ1) is 12.6. The molecule has 0 saturated carbocycles. The predicted octanol–water partition coefficient (Wildman–Crippen LogP) is 3.17. The van der Waals surface area contributed by atoms with Crippen molar-refractivity contribution in [2.75, 3.05) is 0 Å². The Kier molecular flexibility index (Phi) is 4.01. The standard InChI is InChI=1S/C22H18N2O2/c1-16-8-7-9-17(14-16)15-23-20-13-6-5-12-19(20)21(25)24(22(23)26)18-10-3-2-4-11-18/h2-14H,15H2,1H3/p+2. The predicted molar refractivity (Wildman–Crippen MR) is 99.3 cm³/mol. The Bertz CT molecular complexity index is 1090. The van der Waals surface area contributed by atoms with Crippen molar-refractivity contribution in [3.63, 3.8) is 0 Å². The maximum atomic E-state index is 11.0. The molecule has 0 aliphatic rings. The Morgan fingerprint density at radius 1 is 0.808 bits per heavy atom. The third kappa shape index (κ3) is 2.75. The fraction of sp³-hybridized carbons (Fsp3) is 0.0909. The summed E-state index contributed by atoms with van der Waals surface area (Å²) in [6.07, 6.45) is 0. The van der Waals surface area contributed by atoms with Crippen LogP contribution < -0.4 is 9.13 Å². The van der Waals surface area contributed by atoms with Gasteiger partial charge in [-0.2, -0.15) is 0 Å². The normalized spacial score (nSPS) is 11.0. The van der Waals surface area contributed by atoms with E-state index in [9.17, 15) is 10.2 Å². The molecule has 0 fully saturated rings. The molecule has 0 amide bonds. The first-order valence-electron chi connectivity index (χ1n) is 8.54. The monoisotopic (exact) mass is 344 g/mol. The van der Waals surface area contributed by atoms with Crippen molar-refractivity contribution >= 4 is 10.9 Å². The maximum absolute atomic E-state index is 11.0. The minimum atomic E-state index is -0.0195. The first kappa shape index (κ1) is 16.1. The summed E-state index contributed by atoms with van der Waals surface area (Å²) in [6, 6.07) is 25.1. The third-order valence-electron chi connectivity index (χ3n) is 4.53. The minimum absolute atomic E-state index is 0.0183. The van der Waals surface area contributed by atoms with Crippen LogP contribution in [0.1, 0.15) is 11.1 Å². The molecule has 4 rings (SSSR count). The number of benzene rings is 3. The molecule has 0 aliphatic carbocycles. The Labute approximate surface area is 151 Å². The van der Waals surface area contributed by atoms with E-state index in [-0.39, 0.29) is 11.9 Å². The second-order valence-corrected chi connectivity index (χ2v) is 6.39. The molecule has 2 N–H and O–H groups in total. The molecule has 0 radical (unpaired) electrons. The molecule has 4 aromatic rings. The van der Waals surface area contributed by atoms with Gasteiger partial charge < -0.3 is 10.2 Å². The quantitative estimate of drug-likeness (QED) is 0.561. The lowest BCUT2D eigenvalue weighted by atomic mass is 10.1. The van der Waals surface area contributed by atoms with Crippen LogP contribution in [0.3, 0.4) is 0 Å². The largest absolute Gasteiger partial charge is 0.638 e. The van der Waals surface area contributed by atoms with Crippen LogP contribution in [0, 0.1) is 6.92 Å². The van der Waals surface area contributed by atoms with Gasteiger partial charge in [0.15, 0.2) is 11.9 Å². The Hall–Kier alpha value is -3.40. The van der Waals surface area contributed by atoms with Crippen LogP contribution in [-0.4, -0.2) is 10.2 Å². The molecule has 1 aromatic heterocycles. The van der Waals surface area contributed by atoms with Gasteiger partial charge in [-0.05, 0) is 23.6 Å². The van der Waals surface area contributed by atoms with Gasteiger partial charge >= 0.3 is 11.9 Å². The fourth-order valence-corrected chi connectivity index (χ4v) is 3.31. The number of hydrogen-bond acceptors (Lipinski definition) is 2. The number of hydrogen-bond donors (Lipinski definition) is 2. The molecule has 0 saturated heterocycles. The number of fused-ring (bicyclic) bond motifs is 1. The van der Waals surface area contributed by atoms with Crippen molar-refractivity contribution in [1.29, 1.82) is 0 Å². The van der Waals surface area contributed by atoms with Crippen molar-refractivity contribution in [1.82, 2.24) is 0 Å². The third-order valence-corrected chi connectivity index (χ3v) is 4.53. The Balaban J connectivity index is 1.99. The zero-order valence-corrected chi connectivity index (χ0v) is 14.5. The summed E-state index contributed by atoms with van der Waals surface area (Å²) in [6.45, 7) is 2.55. The van der Waals surface area contributed by atoms with Crippen LogP contribution in [0.15, 0.2) is 78.9 Å². The number of para-hydroxylation sites is 2. The highest BCUT2D eigenvalue weighted by Crippen LogP contribution is 2.23. The highest BCUT2D eigenvalue weighted by atomic mass is 16.3. The van der Waals surface area contributed by atoms with Gasteiger partial charge in [0.25, 0.3) is 0 Å². The summed E-state index contributed by atoms with van der Waals surface area (Å²) in [5, 5.41) is 22.5. The molecular formula is C22H20N2O2+2. The molecule has 0 aliphatic heterocycles. The van der Waals surface area contributed by atoms with Crippen molar-refractivity contribution < 1.29 is 19.3 Å². The lowest BCUT2D eigenvalue weighted by Crippen LogP contribution is -2.47. The van der Waals surface area contributed by atoms with Crippen molar-refractivity contribution in [3.8, 4) is 17.6 Å². The van der Waals surface area contributed by atoms with Crippen molar-refractivity contribution in [2.24, 2.45) is 0 Å². The van der Waals surface area contributed by atoms with Crippen LogP contribution in [0.2, 0.25) is 0 Å². The summed E-state index contributed by atoms with van der Waals surface area (Å²) < 4.78 is 3.29. The summed E-state index contributed by atoms with van der Waals surface area (Å²) in [7, 11) is 0. The second kappa shape index (κ2) is 6.48. The van der Waals surface area contributed by atoms with Gasteiger partial charge in [-0.1, -0.05) is 58.7 Å². The highest BCUT2D eigenvalue weighted by Gasteiger charge is 2.35. The van der Waals surface area contributed by atoms with Gasteiger partial charge in [0.1, 0.15) is 0 Å². The minimum Gasteiger partial charge on any atom is -0.459 e. The van der Waals surface area contributed by atoms with Gasteiger partial charge in [-0.25, -0.2) is 0 Å². The van der Waals surface area contributed by atoms with Crippen LogP contribution in [0.4, 0.5) is 0 Å². The van der Waals surface area contributed by atoms with Crippen LogP contribution in [0.5, 0.6) is 11.9 Å². The summed E-state index contributed by atoms with van der Waals surface area (Å²) in [5.41, 5.74) is 3.73. The SMILES string of the molecule is Cc1cccc(C[n+]2c(O)[n+](-c3ccccc3)c(O)c3ccccc32)c1. The fourth-order valence-electron chi connectivity index (χ4n) is 3.31. The number of rotatable bonds is 3. The Morgan fingerprint density at radius 2 is 1.54 bits per heavy atom. The average molecular weight is 344 g/mol. The van der Waals surface area contributed by atoms with E-state index in [0.717, 1.165) is 11.1 Å². The Morgan fingerprint density at radius 3 is 2.31 bits per heavy atom. The second-order valence-electron chi connectivity index (χ2n) is 6.39. The van der Waals surface area contributed by atoms with E-state index < -0.39 is 0 Å². The summed E-state index contributed by atoms with van der Waals surface area (Å²) in [4.78, 5) is 0. The topological polar surface area (TPSA) is 48.2 Å². The van der Waals surface area contributed by atoms with Gasteiger partial charge in [-0.3, -0.25) is 0 Å². The molecule has 0 unspecified atom stereocenters. The molecular weight excluding hydrogens is 324 g/mol. The van der Waals surface area contributed by atoms with Crippen molar-refractivity contribution in [2.45, 2.75) is 13.5 Å². The molecule has 3 aromatic carbocycles. The molecule has 26 heavy (non-hydrogen) atoms. The molecule has 1 heterocycles. The molecule has 0 spiro atoms. The maximum Gasteiger partial charge on any atom is 0.638 e. The van der Waals surface area contributed by atoms with E-state index in [4.69, 9.17) is 0 Å². The smallest absolute Gasteiger partial charge is 0.459 e. The van der Waals surface area contributed by atoms with Crippen LogP contribution in [-0.2, 0) is 6.54 Å². The highest BCUT2D eigenvalue weighted by molar-refractivity contribution is 5.79. The molecule has 128 valence electrons. The lowest BCUT2D eigenvalue weighted by Gasteiger charge is -2.05. The van der Waals surface area contributed by atoms with Gasteiger partial charge in [-0.15, -0.1) is 0 Å².